The molecule has 1 amide bonds. The van der Waals surface area contributed by atoms with Crippen LogP contribution in [0.3, 0.4) is 0 Å². The SMILES string of the molecule is Cc1nn(-c2ccccc2)c(C)c1/C=C/C(=O)N1CCC[C@H]2CCCC[C@H]21. The molecule has 0 N–H and O–H groups in total. The third-order valence-electron chi connectivity index (χ3n) is 6.27. The van der Waals surface area contributed by atoms with Crippen molar-refractivity contribution in [2.45, 2.75) is 58.4 Å². The third kappa shape index (κ3) is 3.58. The first-order valence-corrected chi connectivity index (χ1v) is 10.3. The summed E-state index contributed by atoms with van der Waals surface area (Å²) < 4.78 is 1.96. The van der Waals surface area contributed by atoms with Crippen molar-refractivity contribution in [2.75, 3.05) is 6.54 Å². The molecule has 1 aliphatic heterocycles. The Morgan fingerprint density at radius 3 is 2.63 bits per heavy atom. The fourth-order valence-corrected chi connectivity index (χ4v) is 4.87. The highest BCUT2D eigenvalue weighted by Gasteiger charge is 2.34. The van der Waals surface area contributed by atoms with E-state index < -0.39 is 0 Å². The normalized spacial score (nSPS) is 22.8. The molecule has 0 spiro atoms. The van der Waals surface area contributed by atoms with E-state index in [2.05, 4.69) is 29.1 Å². The molecule has 2 heterocycles. The lowest BCUT2D eigenvalue weighted by molar-refractivity contribution is -0.132. The highest BCUT2D eigenvalue weighted by atomic mass is 16.2. The first kappa shape index (κ1) is 18.0. The van der Waals surface area contributed by atoms with Crippen LogP contribution in [-0.2, 0) is 4.79 Å². The van der Waals surface area contributed by atoms with Crippen LogP contribution in [-0.4, -0.2) is 33.2 Å². The highest BCUT2D eigenvalue weighted by molar-refractivity contribution is 5.92. The van der Waals surface area contributed by atoms with E-state index in [1.54, 1.807) is 6.08 Å². The Morgan fingerprint density at radius 1 is 1.07 bits per heavy atom. The quantitative estimate of drug-likeness (QED) is 0.743. The largest absolute Gasteiger partial charge is 0.336 e. The van der Waals surface area contributed by atoms with Crippen LogP contribution in [0.2, 0.25) is 0 Å². The van der Waals surface area contributed by atoms with Gasteiger partial charge in [-0.05, 0) is 63.7 Å². The van der Waals surface area contributed by atoms with Crippen LogP contribution >= 0.6 is 0 Å². The third-order valence-corrected chi connectivity index (χ3v) is 6.27. The molecule has 2 aromatic rings. The monoisotopic (exact) mass is 363 g/mol. The van der Waals surface area contributed by atoms with Crippen molar-refractivity contribution >= 4 is 12.0 Å². The van der Waals surface area contributed by atoms with Crippen molar-refractivity contribution in [3.8, 4) is 5.69 Å². The Balaban J connectivity index is 1.54. The van der Waals surface area contributed by atoms with Crippen molar-refractivity contribution in [2.24, 2.45) is 5.92 Å². The summed E-state index contributed by atoms with van der Waals surface area (Å²) in [5, 5.41) is 4.68. The standard InChI is InChI=1S/C23H29N3O/c1-17-21(18(2)26(24-17)20-11-4-3-5-12-20)14-15-23(27)25-16-8-10-19-9-6-7-13-22(19)25/h3-5,11-12,14-15,19,22H,6-10,13,16H2,1-2H3/b15-14+/t19-,22-/m1/s1. The van der Waals surface area contributed by atoms with Gasteiger partial charge in [-0.2, -0.15) is 5.10 Å². The maximum Gasteiger partial charge on any atom is 0.246 e. The average molecular weight is 364 g/mol. The fraction of sp³-hybridized carbons (Fsp3) is 0.478. The maximum atomic E-state index is 12.9. The molecule has 1 saturated carbocycles. The molecule has 1 aromatic carbocycles. The van der Waals surface area contributed by atoms with Gasteiger partial charge in [0.05, 0.1) is 11.4 Å². The molecular formula is C23H29N3O. The number of rotatable bonds is 3. The molecule has 4 rings (SSSR count). The van der Waals surface area contributed by atoms with Crippen molar-refractivity contribution in [1.82, 2.24) is 14.7 Å². The first-order valence-electron chi connectivity index (χ1n) is 10.3. The second-order valence-corrected chi connectivity index (χ2v) is 7.95. The van der Waals surface area contributed by atoms with Crippen LogP contribution < -0.4 is 0 Å². The summed E-state index contributed by atoms with van der Waals surface area (Å²) in [5.74, 6) is 0.881. The van der Waals surface area contributed by atoms with Crippen LogP contribution in [0.15, 0.2) is 36.4 Å². The van der Waals surface area contributed by atoms with Gasteiger partial charge in [-0.1, -0.05) is 31.0 Å². The summed E-state index contributed by atoms with van der Waals surface area (Å²) in [6.07, 6.45) is 11.2. The first-order chi connectivity index (χ1) is 13.1. The van der Waals surface area contributed by atoms with E-state index in [4.69, 9.17) is 0 Å². The molecule has 4 nitrogen and oxygen atoms in total. The number of carbonyl (C=O) groups is 1. The number of piperidine rings is 1. The second-order valence-electron chi connectivity index (χ2n) is 7.95. The molecule has 1 saturated heterocycles. The zero-order valence-electron chi connectivity index (χ0n) is 16.4. The summed E-state index contributed by atoms with van der Waals surface area (Å²) >= 11 is 0. The van der Waals surface area contributed by atoms with Crippen LogP contribution in [0.4, 0.5) is 0 Å². The zero-order valence-corrected chi connectivity index (χ0v) is 16.4. The fourth-order valence-electron chi connectivity index (χ4n) is 4.87. The van der Waals surface area contributed by atoms with Gasteiger partial charge in [0, 0.05) is 29.9 Å². The van der Waals surface area contributed by atoms with Gasteiger partial charge in [-0.15, -0.1) is 0 Å². The molecule has 4 heteroatoms. The van der Waals surface area contributed by atoms with Gasteiger partial charge in [0.15, 0.2) is 0 Å². The summed E-state index contributed by atoms with van der Waals surface area (Å²) in [6.45, 7) is 4.98. The second kappa shape index (κ2) is 7.71. The Labute approximate surface area is 161 Å². The van der Waals surface area contributed by atoms with E-state index in [-0.39, 0.29) is 5.91 Å². The van der Waals surface area contributed by atoms with E-state index >= 15 is 0 Å². The number of hydrogen-bond donors (Lipinski definition) is 0. The lowest BCUT2D eigenvalue weighted by atomic mass is 9.78. The molecular weight excluding hydrogens is 334 g/mol. The van der Waals surface area contributed by atoms with Crippen molar-refractivity contribution in [3.05, 3.63) is 53.4 Å². The van der Waals surface area contributed by atoms with Gasteiger partial charge in [0.2, 0.25) is 5.91 Å². The van der Waals surface area contributed by atoms with Crippen molar-refractivity contribution in [1.29, 1.82) is 0 Å². The number of hydrogen-bond acceptors (Lipinski definition) is 2. The molecule has 0 radical (unpaired) electrons. The van der Waals surface area contributed by atoms with Gasteiger partial charge < -0.3 is 4.90 Å². The lowest BCUT2D eigenvalue weighted by Gasteiger charge is -2.43. The van der Waals surface area contributed by atoms with E-state index in [1.807, 2.05) is 35.9 Å². The van der Waals surface area contributed by atoms with E-state index in [0.717, 1.165) is 35.6 Å². The van der Waals surface area contributed by atoms with E-state index in [0.29, 0.717) is 12.0 Å². The minimum absolute atomic E-state index is 0.165. The molecule has 1 aromatic heterocycles. The van der Waals surface area contributed by atoms with Gasteiger partial charge in [0.25, 0.3) is 0 Å². The van der Waals surface area contributed by atoms with Gasteiger partial charge in [0.1, 0.15) is 0 Å². The van der Waals surface area contributed by atoms with Crippen LogP contribution in [0.5, 0.6) is 0 Å². The number of benzene rings is 1. The minimum atomic E-state index is 0.165. The van der Waals surface area contributed by atoms with Crippen LogP contribution in [0.1, 0.15) is 55.5 Å². The topological polar surface area (TPSA) is 38.1 Å². The number of aryl methyl sites for hydroxylation is 1. The summed E-state index contributed by atoms with van der Waals surface area (Å²) in [6, 6.07) is 10.6. The number of nitrogens with zero attached hydrogens (tertiary/aromatic N) is 3. The molecule has 1 aliphatic carbocycles. The molecule has 2 fully saturated rings. The summed E-state index contributed by atoms with van der Waals surface area (Å²) in [7, 11) is 0. The molecule has 142 valence electrons. The number of carbonyl (C=O) groups excluding carboxylic acids is 1. The molecule has 2 aliphatic rings. The molecule has 0 unspecified atom stereocenters. The lowest BCUT2D eigenvalue weighted by Crippen LogP contribution is -2.49. The number of fused-ring (bicyclic) bond motifs is 1. The number of likely N-dealkylation sites (tertiary alicyclic amines) is 1. The van der Waals surface area contributed by atoms with Gasteiger partial charge in [-0.25, -0.2) is 4.68 Å². The van der Waals surface area contributed by atoms with Crippen LogP contribution in [0.25, 0.3) is 11.8 Å². The molecule has 0 bridgehead atoms. The Morgan fingerprint density at radius 2 is 1.81 bits per heavy atom. The number of aromatic nitrogens is 2. The summed E-state index contributed by atoms with van der Waals surface area (Å²) in [4.78, 5) is 15.1. The smallest absolute Gasteiger partial charge is 0.246 e. The zero-order chi connectivity index (χ0) is 18.8. The Bertz CT molecular complexity index is 835. The number of amides is 1. The predicted octanol–water partition coefficient (Wildman–Crippen LogP) is 4.68. The number of para-hydroxylation sites is 1. The minimum Gasteiger partial charge on any atom is -0.336 e. The van der Waals surface area contributed by atoms with Crippen molar-refractivity contribution in [3.63, 3.8) is 0 Å². The van der Waals surface area contributed by atoms with Crippen molar-refractivity contribution < 1.29 is 4.79 Å². The van der Waals surface area contributed by atoms with Gasteiger partial charge in [-0.3, -0.25) is 4.79 Å². The summed E-state index contributed by atoms with van der Waals surface area (Å²) in [5.41, 5.74) is 4.11. The van der Waals surface area contributed by atoms with Gasteiger partial charge >= 0.3 is 0 Å². The molecule has 2 atom stereocenters. The van der Waals surface area contributed by atoms with Crippen LogP contribution in [0, 0.1) is 19.8 Å². The maximum absolute atomic E-state index is 12.9. The molecule has 27 heavy (non-hydrogen) atoms. The average Bonchev–Trinajstić information content (AvgIpc) is 3.00. The highest BCUT2D eigenvalue weighted by Crippen LogP contribution is 2.35. The Kier molecular flexibility index (Phi) is 5.15. The predicted molar refractivity (Wildman–Crippen MR) is 109 cm³/mol. The Hall–Kier alpha value is -2.36. The van der Waals surface area contributed by atoms with E-state index in [9.17, 15) is 4.79 Å². The van der Waals surface area contributed by atoms with E-state index in [1.165, 1.54) is 32.1 Å².